The second-order valence-electron chi connectivity index (χ2n) is 6.76. The Morgan fingerprint density at radius 1 is 1.18 bits per heavy atom. The number of hydrogen-bond donors (Lipinski definition) is 1. The van der Waals surface area contributed by atoms with Crippen LogP contribution in [0.1, 0.15) is 24.0 Å². The maximum absolute atomic E-state index is 12.8. The Kier molecular flexibility index (Phi) is 6.18. The van der Waals surface area contributed by atoms with Crippen LogP contribution < -0.4 is 5.32 Å². The number of sulfonamides is 1. The van der Waals surface area contributed by atoms with Crippen molar-refractivity contribution in [3.63, 3.8) is 0 Å². The molecular weight excluding hydrogens is 442 g/mol. The van der Waals surface area contributed by atoms with E-state index in [0.29, 0.717) is 18.4 Å². The second-order valence-corrected chi connectivity index (χ2v) is 9.62. The number of amides is 1. The summed E-state index contributed by atoms with van der Waals surface area (Å²) < 4.78 is 27.8. The van der Waals surface area contributed by atoms with Crippen LogP contribution in [0.3, 0.4) is 0 Å². The molecule has 1 amide bonds. The first kappa shape index (κ1) is 20.5. The van der Waals surface area contributed by atoms with Crippen LogP contribution in [0.2, 0.25) is 0 Å². The van der Waals surface area contributed by atoms with Crippen molar-refractivity contribution in [3.8, 4) is 6.07 Å². The topological polar surface area (TPSA) is 90.3 Å². The van der Waals surface area contributed by atoms with Crippen LogP contribution in [-0.4, -0.2) is 31.7 Å². The van der Waals surface area contributed by atoms with E-state index in [1.54, 1.807) is 0 Å². The Bertz CT molecular complexity index is 1020. The molecule has 1 fully saturated rings. The number of anilines is 1. The third kappa shape index (κ3) is 4.43. The number of rotatable bonds is 4. The van der Waals surface area contributed by atoms with Gasteiger partial charge in [0.2, 0.25) is 15.9 Å². The van der Waals surface area contributed by atoms with Gasteiger partial charge in [-0.3, -0.25) is 4.79 Å². The lowest BCUT2D eigenvalue weighted by molar-refractivity contribution is -0.120. The molecule has 3 rings (SSSR count). The predicted molar refractivity (Wildman–Crippen MR) is 110 cm³/mol. The van der Waals surface area contributed by atoms with Crippen molar-refractivity contribution in [3.05, 3.63) is 58.1 Å². The summed E-state index contributed by atoms with van der Waals surface area (Å²) >= 11 is 3.40. The van der Waals surface area contributed by atoms with Crippen LogP contribution in [0, 0.1) is 24.2 Å². The summed E-state index contributed by atoms with van der Waals surface area (Å²) in [6.45, 7) is 2.50. The fourth-order valence-corrected chi connectivity index (χ4v) is 5.00. The minimum atomic E-state index is -3.62. The van der Waals surface area contributed by atoms with Gasteiger partial charge in [0.15, 0.2) is 0 Å². The number of carbonyl (C=O) groups is 1. The summed E-state index contributed by atoms with van der Waals surface area (Å²) in [7, 11) is -3.62. The van der Waals surface area contributed by atoms with E-state index in [9.17, 15) is 13.2 Å². The first-order valence-corrected chi connectivity index (χ1v) is 11.1. The lowest BCUT2D eigenvalue weighted by Crippen LogP contribution is -2.41. The standard InChI is InChI=1S/C20H20BrN3O3S/c1-14-2-5-17(21)12-19(14)23-20(25)16-8-10-24(11-9-16)28(26,27)18-6-3-15(13-22)4-7-18/h2-7,12,16H,8-11H2,1H3,(H,23,25). The molecule has 1 saturated heterocycles. The number of carbonyl (C=O) groups excluding carboxylic acids is 1. The molecule has 2 aromatic carbocycles. The summed E-state index contributed by atoms with van der Waals surface area (Å²) in [6, 6.07) is 13.6. The second kappa shape index (κ2) is 8.43. The molecule has 1 heterocycles. The number of nitrogens with one attached hydrogen (secondary N) is 1. The van der Waals surface area contributed by atoms with Gasteiger partial charge in [0, 0.05) is 29.2 Å². The molecule has 0 spiro atoms. The number of benzene rings is 2. The van der Waals surface area contributed by atoms with E-state index < -0.39 is 10.0 Å². The number of nitrogens with zero attached hydrogens (tertiary/aromatic N) is 2. The fraction of sp³-hybridized carbons (Fsp3) is 0.300. The zero-order valence-electron chi connectivity index (χ0n) is 15.4. The van der Waals surface area contributed by atoms with Crippen molar-refractivity contribution < 1.29 is 13.2 Å². The van der Waals surface area contributed by atoms with Crippen LogP contribution in [0.4, 0.5) is 5.69 Å². The summed E-state index contributed by atoms with van der Waals surface area (Å²) in [4.78, 5) is 12.8. The molecule has 0 unspecified atom stereocenters. The Hall–Kier alpha value is -2.21. The normalized spacial score (nSPS) is 15.8. The molecular formula is C20H20BrN3O3S. The molecule has 1 N–H and O–H groups in total. The first-order valence-electron chi connectivity index (χ1n) is 8.88. The van der Waals surface area contributed by atoms with Gasteiger partial charge in [-0.2, -0.15) is 9.57 Å². The molecule has 1 aliphatic rings. The van der Waals surface area contributed by atoms with Crippen LogP contribution in [0.5, 0.6) is 0 Å². The van der Waals surface area contributed by atoms with Gasteiger partial charge in [0.25, 0.3) is 0 Å². The van der Waals surface area contributed by atoms with Crippen LogP contribution in [0.15, 0.2) is 51.8 Å². The first-order chi connectivity index (χ1) is 13.3. The maximum Gasteiger partial charge on any atom is 0.243 e. The van der Waals surface area contributed by atoms with Gasteiger partial charge >= 0.3 is 0 Å². The summed E-state index contributed by atoms with van der Waals surface area (Å²) in [5.41, 5.74) is 2.14. The zero-order chi connectivity index (χ0) is 20.3. The van der Waals surface area contributed by atoms with Crippen LogP contribution in [-0.2, 0) is 14.8 Å². The summed E-state index contributed by atoms with van der Waals surface area (Å²) in [5, 5.41) is 11.8. The smallest absolute Gasteiger partial charge is 0.243 e. The third-order valence-corrected chi connectivity index (χ3v) is 7.31. The quantitative estimate of drug-likeness (QED) is 0.751. The average Bonchev–Trinajstić information content (AvgIpc) is 2.71. The molecule has 8 heteroatoms. The number of hydrogen-bond acceptors (Lipinski definition) is 4. The molecule has 146 valence electrons. The number of nitriles is 1. The van der Waals surface area contributed by atoms with Crippen LogP contribution in [0.25, 0.3) is 0 Å². The van der Waals surface area contributed by atoms with Gasteiger partial charge < -0.3 is 5.32 Å². The van der Waals surface area contributed by atoms with Gasteiger partial charge in [-0.1, -0.05) is 22.0 Å². The van der Waals surface area contributed by atoms with E-state index >= 15 is 0 Å². The Morgan fingerprint density at radius 3 is 2.43 bits per heavy atom. The molecule has 1 aliphatic heterocycles. The molecule has 0 bridgehead atoms. The third-order valence-electron chi connectivity index (χ3n) is 4.90. The number of halogens is 1. The number of aryl methyl sites for hydroxylation is 1. The van der Waals surface area contributed by atoms with E-state index in [4.69, 9.17) is 5.26 Å². The van der Waals surface area contributed by atoms with E-state index in [1.165, 1.54) is 28.6 Å². The minimum Gasteiger partial charge on any atom is -0.326 e. The van der Waals surface area contributed by atoms with Gasteiger partial charge in [-0.15, -0.1) is 0 Å². The lowest BCUT2D eigenvalue weighted by atomic mass is 9.97. The molecule has 6 nitrogen and oxygen atoms in total. The zero-order valence-corrected chi connectivity index (χ0v) is 17.8. The van der Waals surface area contributed by atoms with Gasteiger partial charge in [-0.05, 0) is 61.7 Å². The molecule has 0 aliphatic carbocycles. The van der Waals surface area contributed by atoms with Crippen molar-refractivity contribution in [2.75, 3.05) is 18.4 Å². The Labute approximate surface area is 173 Å². The SMILES string of the molecule is Cc1ccc(Br)cc1NC(=O)C1CCN(S(=O)(=O)c2ccc(C#N)cc2)CC1. The van der Waals surface area contributed by atoms with Crippen molar-refractivity contribution in [2.45, 2.75) is 24.7 Å². The van der Waals surface area contributed by atoms with E-state index in [0.717, 1.165) is 15.7 Å². The highest BCUT2D eigenvalue weighted by molar-refractivity contribution is 9.10. The molecule has 0 atom stereocenters. The van der Waals surface area contributed by atoms with Crippen molar-refractivity contribution in [1.82, 2.24) is 4.31 Å². The Balaban J connectivity index is 1.64. The minimum absolute atomic E-state index is 0.0865. The van der Waals surface area contributed by atoms with Crippen molar-refractivity contribution in [1.29, 1.82) is 5.26 Å². The number of piperidine rings is 1. The monoisotopic (exact) mass is 461 g/mol. The highest BCUT2D eigenvalue weighted by Crippen LogP contribution is 2.26. The highest BCUT2D eigenvalue weighted by Gasteiger charge is 2.32. The Morgan fingerprint density at radius 2 is 1.82 bits per heavy atom. The van der Waals surface area contributed by atoms with E-state index in [1.807, 2.05) is 31.2 Å². The lowest BCUT2D eigenvalue weighted by Gasteiger charge is -2.30. The average molecular weight is 462 g/mol. The van der Waals surface area contributed by atoms with Crippen molar-refractivity contribution in [2.24, 2.45) is 5.92 Å². The largest absolute Gasteiger partial charge is 0.326 e. The molecule has 0 saturated carbocycles. The predicted octanol–water partition coefficient (Wildman–Crippen LogP) is 3.67. The van der Waals surface area contributed by atoms with Gasteiger partial charge in [0.1, 0.15) is 0 Å². The van der Waals surface area contributed by atoms with E-state index in [2.05, 4.69) is 21.2 Å². The van der Waals surface area contributed by atoms with Gasteiger partial charge in [-0.25, -0.2) is 8.42 Å². The molecule has 0 aromatic heterocycles. The fourth-order valence-electron chi connectivity index (χ4n) is 3.17. The highest BCUT2D eigenvalue weighted by atomic mass is 79.9. The maximum atomic E-state index is 12.8. The summed E-state index contributed by atoms with van der Waals surface area (Å²) in [6.07, 6.45) is 0.933. The molecule has 28 heavy (non-hydrogen) atoms. The molecule has 0 radical (unpaired) electrons. The molecule has 2 aromatic rings. The van der Waals surface area contributed by atoms with Gasteiger partial charge in [0.05, 0.1) is 16.5 Å². The van der Waals surface area contributed by atoms with E-state index in [-0.39, 0.29) is 29.8 Å². The van der Waals surface area contributed by atoms with Crippen molar-refractivity contribution >= 4 is 37.5 Å². The summed E-state index contributed by atoms with van der Waals surface area (Å²) in [5.74, 6) is -0.317. The van der Waals surface area contributed by atoms with Crippen LogP contribution >= 0.6 is 15.9 Å².